The lowest BCUT2D eigenvalue weighted by Crippen LogP contribution is -2.19. The second kappa shape index (κ2) is 70.0. The molecule has 3 unspecified atom stereocenters. The molecule has 0 saturated heterocycles. The Hall–Kier alpha value is -4.71. The largest absolute Gasteiger partial charge is 0.530 e. The first-order chi connectivity index (χ1) is 64.4. The molecule has 0 aromatic heterocycles. The molecular formula is C121H199O9P3. The molecule has 752 valence electrons. The molecule has 0 spiro atoms. The van der Waals surface area contributed by atoms with Gasteiger partial charge >= 0.3 is 25.8 Å². The molecule has 0 aliphatic rings. The Bertz CT molecular complexity index is 3850. The van der Waals surface area contributed by atoms with Crippen LogP contribution in [0.25, 0.3) is 0 Å². The van der Waals surface area contributed by atoms with Crippen LogP contribution in [0.2, 0.25) is 0 Å². The van der Waals surface area contributed by atoms with Crippen LogP contribution in [-0.4, -0.2) is 19.8 Å². The lowest BCUT2D eigenvalue weighted by atomic mass is 9.74. The van der Waals surface area contributed by atoms with Crippen molar-refractivity contribution >= 4 is 25.8 Å². The fourth-order valence-electron chi connectivity index (χ4n) is 18.8. The summed E-state index contributed by atoms with van der Waals surface area (Å²) in [4.78, 5) is 0. The van der Waals surface area contributed by atoms with Gasteiger partial charge in [0.2, 0.25) is 0 Å². The van der Waals surface area contributed by atoms with Gasteiger partial charge in [0.1, 0.15) is 34.5 Å². The summed E-state index contributed by atoms with van der Waals surface area (Å²) in [7, 11) is -5.54. The second-order valence-corrected chi connectivity index (χ2v) is 46.1. The van der Waals surface area contributed by atoms with Crippen molar-refractivity contribution in [2.45, 2.75) is 532 Å². The van der Waals surface area contributed by atoms with Gasteiger partial charge in [-0.05, 0) is 212 Å². The predicted octanol–water partition coefficient (Wildman–Crippen LogP) is 41.7. The molecule has 0 radical (unpaired) electrons. The van der Waals surface area contributed by atoms with E-state index in [0.717, 1.165) is 128 Å². The van der Waals surface area contributed by atoms with Gasteiger partial charge in [0.15, 0.2) is 0 Å². The summed E-state index contributed by atoms with van der Waals surface area (Å²) in [5.74, 6) is 4.79. The van der Waals surface area contributed by atoms with Crippen molar-refractivity contribution in [2.75, 3.05) is 19.8 Å². The van der Waals surface area contributed by atoms with E-state index in [0.29, 0.717) is 19.8 Å². The lowest BCUT2D eigenvalue weighted by Gasteiger charge is -2.33. The summed E-state index contributed by atoms with van der Waals surface area (Å²) < 4.78 is 64.1. The molecule has 0 aliphatic carbocycles. The van der Waals surface area contributed by atoms with Crippen molar-refractivity contribution in [1.29, 1.82) is 0 Å². The Labute approximate surface area is 823 Å². The third-order valence-corrected chi connectivity index (χ3v) is 30.5. The van der Waals surface area contributed by atoms with Gasteiger partial charge in [-0.2, -0.15) is 0 Å². The molecule has 6 aromatic carbocycles. The van der Waals surface area contributed by atoms with Crippen molar-refractivity contribution in [3.8, 4) is 34.5 Å². The average molecular weight is 1890 g/mol. The molecule has 6 aromatic rings. The Morgan fingerprint density at radius 2 is 0.466 bits per heavy atom. The minimum absolute atomic E-state index is 0.0711. The van der Waals surface area contributed by atoms with Gasteiger partial charge in [-0.15, -0.1) is 0 Å². The summed E-state index contributed by atoms with van der Waals surface area (Å²) in [6.45, 7) is 46.0. The Morgan fingerprint density at radius 3 is 0.744 bits per heavy atom. The third kappa shape index (κ3) is 49.8. The van der Waals surface area contributed by atoms with Crippen molar-refractivity contribution in [3.63, 3.8) is 0 Å². The molecule has 0 heterocycles. The van der Waals surface area contributed by atoms with E-state index in [9.17, 15) is 0 Å². The molecule has 0 bridgehead atoms. The standard InChI is InChI=1S/C121H199O9P3/c1-20-26-32-38-44-47-50-53-56-59-65-71-86-122-131(123-87-72-66-60-57-54-51-48-45-39-33-27-21-2)128-116-91-101(9)110(97-114(116)120(14,15)16)112(111-98-115(121(17,18)19)117(92-102(111)10)129-132(124-88-73-67-61-58-55-52-49-46-40-34-28-22-3)125-106-83-74-80-103(93-106)77-68-62-41-35-29-23-4)89-99(7)109-96-113(119(11,12)13)118(90-100(109)8)130-133(126-107-84-75-81-104(94-107)78-69-63-42-36-30-24-5)127-108-85-76-82-105(95-108)79-70-64-43-37-31-25-6/h74-76,80-85,90-99,112H,20-73,77-79,86-89H2,1-19H3. The molecule has 0 saturated carbocycles. The maximum Gasteiger partial charge on any atom is 0.530 e. The van der Waals surface area contributed by atoms with Crippen LogP contribution in [0.4, 0.5) is 0 Å². The summed E-state index contributed by atoms with van der Waals surface area (Å²) in [5.41, 5.74) is 13.7. The third-order valence-electron chi connectivity index (χ3n) is 27.2. The van der Waals surface area contributed by atoms with E-state index < -0.39 is 25.8 Å². The van der Waals surface area contributed by atoms with E-state index in [2.05, 4.69) is 241 Å². The molecule has 0 aliphatic heterocycles. The summed E-state index contributed by atoms with van der Waals surface area (Å²) in [6.07, 6.45) is 73.1. The van der Waals surface area contributed by atoms with Crippen molar-refractivity contribution < 1.29 is 40.7 Å². The topological polar surface area (TPSA) is 83.1 Å². The predicted molar refractivity (Wildman–Crippen MR) is 581 cm³/mol. The lowest BCUT2D eigenvalue weighted by molar-refractivity contribution is 0.197. The quantitative estimate of drug-likeness (QED) is 0.0274. The molecule has 0 N–H and O–H groups in total. The van der Waals surface area contributed by atoms with Crippen LogP contribution in [0.15, 0.2) is 109 Å². The zero-order chi connectivity index (χ0) is 96.0. The first-order valence-corrected chi connectivity index (χ1v) is 58.8. The second-order valence-electron chi connectivity index (χ2n) is 42.9. The van der Waals surface area contributed by atoms with Crippen LogP contribution in [0, 0.1) is 20.8 Å². The number of hydrogen-bond donors (Lipinski definition) is 0. The fraction of sp³-hybridized carbons (Fsp3) is 0.702. The first kappa shape index (κ1) is 117. The highest BCUT2D eigenvalue weighted by atomic mass is 31.2. The highest BCUT2D eigenvalue weighted by Gasteiger charge is 2.35. The van der Waals surface area contributed by atoms with Gasteiger partial charge < -0.3 is 36.2 Å². The molecule has 12 heteroatoms. The molecule has 0 amide bonds. The van der Waals surface area contributed by atoms with Crippen LogP contribution in [0.3, 0.4) is 0 Å². The van der Waals surface area contributed by atoms with Crippen LogP contribution in [-0.2, 0) is 49.1 Å². The first-order valence-electron chi connectivity index (χ1n) is 55.5. The number of aryl methyl sites for hydroxylation is 6. The van der Waals surface area contributed by atoms with Gasteiger partial charge in [0.05, 0.1) is 19.8 Å². The molecule has 6 rings (SSSR count). The molecule has 3 atom stereocenters. The number of unbranched alkanes of at least 4 members (excludes halogenated alkanes) is 48. The van der Waals surface area contributed by atoms with Crippen molar-refractivity contribution in [3.05, 3.63) is 176 Å². The molecule has 9 nitrogen and oxygen atoms in total. The monoisotopic (exact) mass is 1890 g/mol. The smallest absolute Gasteiger partial charge is 0.426 e. The van der Waals surface area contributed by atoms with Crippen molar-refractivity contribution in [2.24, 2.45) is 0 Å². The number of benzene rings is 6. The minimum Gasteiger partial charge on any atom is -0.426 e. The summed E-state index contributed by atoms with van der Waals surface area (Å²) >= 11 is 0. The SMILES string of the molecule is CCCCCCCCCCCCCCOP(OCCCCCCCCCCCCCC)Oc1cc(C)c(C(CC(C)c2cc(C(C)(C)C)c(OP(Oc3cccc(CCCCCCCC)c3)Oc3cccc(CCCCCCCC)c3)cc2C)c2cc(C(C)(C)C)c(OP(OCCCCCCCCCCCCCC)Oc3cccc(CCCCCCCC)c3)cc2C)cc1C(C)(C)C. The van der Waals surface area contributed by atoms with E-state index >= 15 is 0 Å². The molecular weight excluding hydrogens is 1690 g/mol. The van der Waals surface area contributed by atoms with Gasteiger partial charge in [-0.3, -0.25) is 4.52 Å². The Balaban J connectivity index is 1.44. The van der Waals surface area contributed by atoms with E-state index in [1.165, 1.54) is 345 Å². The maximum absolute atomic E-state index is 7.41. The zero-order valence-corrected chi connectivity index (χ0v) is 91.9. The normalized spacial score (nSPS) is 12.8. The van der Waals surface area contributed by atoms with E-state index in [4.69, 9.17) is 40.7 Å². The Morgan fingerprint density at radius 1 is 0.241 bits per heavy atom. The summed E-state index contributed by atoms with van der Waals surface area (Å²) in [6, 6.07) is 40.5. The zero-order valence-electron chi connectivity index (χ0n) is 89.2. The number of hydrogen-bond acceptors (Lipinski definition) is 9. The van der Waals surface area contributed by atoms with Crippen LogP contribution in [0.1, 0.15) is 543 Å². The highest BCUT2D eigenvalue weighted by Crippen LogP contribution is 2.53. The maximum atomic E-state index is 7.41. The number of rotatable bonds is 80. The molecule has 0 fully saturated rings. The highest BCUT2D eigenvalue weighted by molar-refractivity contribution is 7.43. The van der Waals surface area contributed by atoms with Crippen LogP contribution in [0.5, 0.6) is 34.5 Å². The average Bonchev–Trinajstić information content (AvgIpc) is 0.757. The van der Waals surface area contributed by atoms with Crippen molar-refractivity contribution in [1.82, 2.24) is 0 Å². The van der Waals surface area contributed by atoms with E-state index in [1.54, 1.807) is 0 Å². The van der Waals surface area contributed by atoms with E-state index in [-0.39, 0.29) is 28.1 Å². The van der Waals surface area contributed by atoms with Gasteiger partial charge in [0.25, 0.3) is 0 Å². The van der Waals surface area contributed by atoms with Gasteiger partial charge in [-0.25, -0.2) is 0 Å². The van der Waals surface area contributed by atoms with E-state index in [1.807, 2.05) is 0 Å². The molecule has 133 heavy (non-hydrogen) atoms. The minimum atomic E-state index is -1.99. The fourth-order valence-corrected chi connectivity index (χ4v) is 21.9. The Kier molecular flexibility index (Phi) is 61.6. The summed E-state index contributed by atoms with van der Waals surface area (Å²) in [5, 5.41) is 0. The van der Waals surface area contributed by atoms with Crippen LogP contribution >= 0.6 is 25.8 Å². The van der Waals surface area contributed by atoms with Gasteiger partial charge in [0, 0.05) is 22.6 Å². The van der Waals surface area contributed by atoms with Gasteiger partial charge in [-0.1, -0.05) is 474 Å². The van der Waals surface area contributed by atoms with Crippen LogP contribution < -0.4 is 27.1 Å².